The summed E-state index contributed by atoms with van der Waals surface area (Å²) in [4.78, 5) is 1.34. The number of benzene rings is 1. The lowest BCUT2D eigenvalue weighted by molar-refractivity contribution is 1.23. The quantitative estimate of drug-likeness (QED) is 0.713. The van der Waals surface area contributed by atoms with Gasteiger partial charge in [-0.25, -0.2) is 0 Å². The van der Waals surface area contributed by atoms with Crippen LogP contribution in [-0.2, 0) is 6.42 Å². The smallest absolute Gasteiger partial charge is 0.0754 e. The highest BCUT2D eigenvalue weighted by Gasteiger charge is 2.11. The fraction of sp³-hybridized carbons (Fsp3) is 0.0769. The van der Waals surface area contributed by atoms with E-state index < -0.39 is 0 Å². The fourth-order valence-electron chi connectivity index (χ4n) is 1.75. The number of nitrogens with zero attached hydrogens (tertiary/aromatic N) is 2. The Hall–Kier alpha value is -1.74. The maximum atomic E-state index is 4.27. The molecule has 0 atom stereocenters. The van der Waals surface area contributed by atoms with E-state index in [2.05, 4.69) is 33.8 Å². The van der Waals surface area contributed by atoms with Crippen LogP contribution >= 0.6 is 11.3 Å². The molecule has 0 saturated carbocycles. The van der Waals surface area contributed by atoms with Crippen molar-refractivity contribution in [1.82, 2.24) is 0 Å². The Morgan fingerprint density at radius 2 is 1.94 bits per heavy atom. The zero-order valence-electron chi connectivity index (χ0n) is 8.63. The summed E-state index contributed by atoms with van der Waals surface area (Å²) in [6, 6.07) is 12.3. The van der Waals surface area contributed by atoms with E-state index >= 15 is 0 Å². The number of hydrogen-bond acceptors (Lipinski definition) is 3. The van der Waals surface area contributed by atoms with Crippen LogP contribution in [0, 0.1) is 0 Å². The Balaban J connectivity index is 2.01. The van der Waals surface area contributed by atoms with Gasteiger partial charge in [-0.1, -0.05) is 30.3 Å². The van der Waals surface area contributed by atoms with Crippen molar-refractivity contribution in [3.8, 4) is 0 Å². The first-order chi connectivity index (χ1) is 7.93. The molecule has 78 valence electrons. The van der Waals surface area contributed by atoms with Crippen LogP contribution in [-0.4, -0.2) is 11.9 Å². The lowest BCUT2D eigenvalue weighted by atomic mass is 10.1. The molecule has 1 aliphatic heterocycles. The second-order valence-corrected chi connectivity index (χ2v) is 4.63. The van der Waals surface area contributed by atoms with Crippen molar-refractivity contribution in [3.05, 3.63) is 57.8 Å². The number of rotatable bonds is 1. The van der Waals surface area contributed by atoms with Gasteiger partial charge in [0.1, 0.15) is 0 Å². The van der Waals surface area contributed by atoms with Gasteiger partial charge in [-0.3, -0.25) is 0 Å². The van der Waals surface area contributed by atoms with Crippen LogP contribution in [0.5, 0.6) is 0 Å². The van der Waals surface area contributed by atoms with Gasteiger partial charge >= 0.3 is 0 Å². The molecular formula is C13H10N2S. The first kappa shape index (κ1) is 9.48. The number of hydrogen-bond donors (Lipinski definition) is 0. The molecule has 1 aromatic carbocycles. The third-order valence-corrected chi connectivity index (χ3v) is 3.53. The van der Waals surface area contributed by atoms with Crippen molar-refractivity contribution in [2.45, 2.75) is 6.42 Å². The monoisotopic (exact) mass is 226 g/mol. The predicted octanol–water partition coefficient (Wildman–Crippen LogP) is 3.13. The molecule has 0 N–H and O–H groups in total. The number of thiophene rings is 1. The Bertz CT molecular complexity index is 552. The molecule has 0 saturated heterocycles. The third kappa shape index (κ3) is 1.70. The zero-order valence-corrected chi connectivity index (χ0v) is 9.45. The van der Waals surface area contributed by atoms with Gasteiger partial charge in [-0.2, -0.15) is 10.2 Å². The maximum Gasteiger partial charge on any atom is 0.0754 e. The molecule has 1 aromatic heterocycles. The maximum absolute atomic E-state index is 4.27. The van der Waals surface area contributed by atoms with E-state index in [0.29, 0.717) is 0 Å². The van der Waals surface area contributed by atoms with E-state index in [1.165, 1.54) is 10.4 Å². The van der Waals surface area contributed by atoms with E-state index in [1.807, 2.05) is 24.4 Å². The molecular weight excluding hydrogens is 216 g/mol. The van der Waals surface area contributed by atoms with Crippen molar-refractivity contribution >= 4 is 23.3 Å². The Kier molecular flexibility index (Phi) is 2.38. The van der Waals surface area contributed by atoms with Crippen LogP contribution in [0.4, 0.5) is 0 Å². The Morgan fingerprint density at radius 1 is 1.06 bits per heavy atom. The summed E-state index contributed by atoms with van der Waals surface area (Å²) >= 11 is 1.77. The molecule has 0 radical (unpaired) electrons. The summed E-state index contributed by atoms with van der Waals surface area (Å²) < 4.78 is 0. The third-order valence-electron chi connectivity index (χ3n) is 2.59. The molecule has 0 unspecified atom stereocenters. The molecule has 2 aromatic rings. The summed E-state index contributed by atoms with van der Waals surface area (Å²) in [5, 5.41) is 10.5. The first-order valence-corrected chi connectivity index (χ1v) is 6.03. The van der Waals surface area contributed by atoms with Crippen LogP contribution in [0.15, 0.2) is 52.0 Å². The molecule has 0 bridgehead atoms. The summed E-state index contributed by atoms with van der Waals surface area (Å²) in [5.74, 6) is 0. The van der Waals surface area contributed by atoms with E-state index in [0.717, 1.165) is 17.7 Å². The molecule has 0 amide bonds. The highest BCUT2D eigenvalue weighted by atomic mass is 32.1. The van der Waals surface area contributed by atoms with Crippen LogP contribution in [0.1, 0.15) is 16.0 Å². The van der Waals surface area contributed by atoms with Gasteiger partial charge in [-0.15, -0.1) is 11.3 Å². The highest BCUT2D eigenvalue weighted by Crippen LogP contribution is 2.20. The van der Waals surface area contributed by atoms with E-state index in [1.54, 1.807) is 11.3 Å². The van der Waals surface area contributed by atoms with E-state index in [9.17, 15) is 0 Å². The fourth-order valence-corrected chi connectivity index (χ4v) is 2.60. The topological polar surface area (TPSA) is 24.7 Å². The Morgan fingerprint density at radius 3 is 2.81 bits per heavy atom. The van der Waals surface area contributed by atoms with Crippen molar-refractivity contribution in [1.29, 1.82) is 0 Å². The van der Waals surface area contributed by atoms with Gasteiger partial charge in [-0.05, 0) is 17.0 Å². The lowest BCUT2D eigenvalue weighted by Crippen LogP contribution is -2.03. The minimum atomic E-state index is 0.872. The SMILES string of the molecule is C1=NN=C(c2ccccc2)Cc2sccc21. The molecule has 0 aliphatic carbocycles. The second kappa shape index (κ2) is 4.02. The molecule has 0 fully saturated rings. The van der Waals surface area contributed by atoms with Crippen LogP contribution < -0.4 is 0 Å². The predicted molar refractivity (Wildman–Crippen MR) is 68.6 cm³/mol. The van der Waals surface area contributed by atoms with Crippen molar-refractivity contribution < 1.29 is 0 Å². The molecule has 1 aliphatic rings. The van der Waals surface area contributed by atoms with Crippen LogP contribution in [0.3, 0.4) is 0 Å². The van der Waals surface area contributed by atoms with Crippen molar-refractivity contribution in [2.24, 2.45) is 10.2 Å². The minimum Gasteiger partial charge on any atom is -0.158 e. The summed E-state index contributed by atoms with van der Waals surface area (Å²) in [6.45, 7) is 0. The van der Waals surface area contributed by atoms with E-state index in [4.69, 9.17) is 0 Å². The van der Waals surface area contributed by atoms with Gasteiger partial charge in [0.15, 0.2) is 0 Å². The van der Waals surface area contributed by atoms with Crippen molar-refractivity contribution in [2.75, 3.05) is 0 Å². The zero-order chi connectivity index (χ0) is 10.8. The molecule has 3 heteroatoms. The van der Waals surface area contributed by atoms with E-state index in [-0.39, 0.29) is 0 Å². The van der Waals surface area contributed by atoms with Crippen molar-refractivity contribution in [3.63, 3.8) is 0 Å². The summed E-state index contributed by atoms with van der Waals surface area (Å²) in [5.41, 5.74) is 3.39. The second-order valence-electron chi connectivity index (χ2n) is 3.63. The molecule has 2 nitrogen and oxygen atoms in total. The molecule has 16 heavy (non-hydrogen) atoms. The van der Waals surface area contributed by atoms with Gasteiger partial charge in [0.2, 0.25) is 0 Å². The first-order valence-electron chi connectivity index (χ1n) is 5.15. The van der Waals surface area contributed by atoms with Gasteiger partial charge in [0.25, 0.3) is 0 Å². The molecule has 2 heterocycles. The minimum absolute atomic E-state index is 0.872. The normalized spacial score (nSPS) is 14.1. The number of fused-ring (bicyclic) bond motifs is 1. The highest BCUT2D eigenvalue weighted by molar-refractivity contribution is 7.10. The van der Waals surface area contributed by atoms with Gasteiger partial charge in [0.05, 0.1) is 11.9 Å². The average Bonchev–Trinajstić information content (AvgIpc) is 2.68. The lowest BCUT2D eigenvalue weighted by Gasteiger charge is -2.02. The van der Waals surface area contributed by atoms with Gasteiger partial charge in [0, 0.05) is 16.9 Å². The molecule has 0 spiro atoms. The van der Waals surface area contributed by atoms with Crippen LogP contribution in [0.25, 0.3) is 0 Å². The summed E-state index contributed by atoms with van der Waals surface area (Å²) in [6.07, 6.45) is 2.71. The summed E-state index contributed by atoms with van der Waals surface area (Å²) in [7, 11) is 0. The molecule has 3 rings (SSSR count). The standard InChI is InChI=1S/C13H10N2S/c1-2-4-10(5-3-1)12-8-13-11(6-7-16-13)9-14-15-12/h1-7,9H,8H2. The Labute approximate surface area is 98.0 Å². The largest absolute Gasteiger partial charge is 0.158 e. The van der Waals surface area contributed by atoms with Crippen LogP contribution in [0.2, 0.25) is 0 Å². The average molecular weight is 226 g/mol. The van der Waals surface area contributed by atoms with Gasteiger partial charge < -0.3 is 0 Å².